The predicted octanol–water partition coefficient (Wildman–Crippen LogP) is 3.49. The Bertz CT molecular complexity index is 838. The molecule has 0 saturated carbocycles. The Kier molecular flexibility index (Phi) is 3.28. The summed E-state index contributed by atoms with van der Waals surface area (Å²) >= 11 is 6.31. The van der Waals surface area contributed by atoms with Crippen molar-refractivity contribution in [2.45, 2.75) is 38.6 Å². The third kappa shape index (κ3) is 2.33. The molecule has 1 aromatic carbocycles. The van der Waals surface area contributed by atoms with Crippen LogP contribution in [0.1, 0.15) is 44.2 Å². The van der Waals surface area contributed by atoms with Gasteiger partial charge in [-0.05, 0) is 38.5 Å². The number of rotatable bonds is 1. The van der Waals surface area contributed by atoms with E-state index in [0.29, 0.717) is 22.9 Å². The summed E-state index contributed by atoms with van der Waals surface area (Å²) in [6, 6.07) is 3.74. The van der Waals surface area contributed by atoms with E-state index in [1.807, 2.05) is 43.8 Å². The van der Waals surface area contributed by atoms with E-state index in [4.69, 9.17) is 21.1 Å². The third-order valence-electron chi connectivity index (χ3n) is 4.31. The lowest BCUT2D eigenvalue weighted by Crippen LogP contribution is -2.30. The molecular weight excluding hydrogens is 330 g/mol. The highest BCUT2D eigenvalue weighted by molar-refractivity contribution is 6.32. The zero-order valence-electron chi connectivity index (χ0n) is 13.7. The fraction of sp³-hybridized carbons (Fsp3) is 0.412. The Hall–Kier alpha value is -2.21. The van der Waals surface area contributed by atoms with Crippen molar-refractivity contribution < 1.29 is 14.3 Å². The number of aromatic nitrogens is 2. The van der Waals surface area contributed by atoms with Gasteiger partial charge in [0.05, 0.1) is 16.8 Å². The fourth-order valence-corrected chi connectivity index (χ4v) is 3.49. The normalized spacial score (nSPS) is 19.2. The third-order valence-corrected chi connectivity index (χ3v) is 4.59. The van der Waals surface area contributed by atoms with Crippen LogP contribution in [0.5, 0.6) is 11.5 Å². The molecule has 2 aromatic rings. The Balaban J connectivity index is 1.83. The van der Waals surface area contributed by atoms with Gasteiger partial charge in [-0.25, -0.2) is 4.68 Å². The topological polar surface area (TPSA) is 65.4 Å². The number of hydrogen-bond acceptors (Lipinski definition) is 4. The number of hydrogen-bond donors (Lipinski definition) is 1. The first-order valence-electron chi connectivity index (χ1n) is 7.82. The highest BCUT2D eigenvalue weighted by Crippen LogP contribution is 2.45. The van der Waals surface area contributed by atoms with Gasteiger partial charge in [-0.15, -0.1) is 0 Å². The van der Waals surface area contributed by atoms with E-state index in [-0.39, 0.29) is 24.2 Å². The van der Waals surface area contributed by atoms with Gasteiger partial charge < -0.3 is 14.8 Å². The van der Waals surface area contributed by atoms with Crippen LogP contribution in [-0.2, 0) is 10.3 Å². The van der Waals surface area contributed by atoms with Gasteiger partial charge in [0, 0.05) is 17.9 Å². The number of benzene rings is 1. The van der Waals surface area contributed by atoms with Gasteiger partial charge in [-0.1, -0.05) is 11.6 Å². The maximum atomic E-state index is 12.3. The lowest BCUT2D eigenvalue weighted by Gasteiger charge is -2.28. The second-order valence-electron chi connectivity index (χ2n) is 7.07. The minimum absolute atomic E-state index is 0.0349. The van der Waals surface area contributed by atoms with Crippen molar-refractivity contribution in [2.24, 2.45) is 0 Å². The summed E-state index contributed by atoms with van der Waals surface area (Å²) in [5.41, 5.74) is 1.68. The highest BCUT2D eigenvalue weighted by Gasteiger charge is 2.33. The van der Waals surface area contributed by atoms with Gasteiger partial charge in [0.2, 0.25) is 12.7 Å². The average molecular weight is 348 g/mol. The zero-order valence-corrected chi connectivity index (χ0v) is 14.5. The number of ether oxygens (including phenoxy) is 2. The van der Waals surface area contributed by atoms with E-state index in [1.54, 1.807) is 0 Å². The summed E-state index contributed by atoms with van der Waals surface area (Å²) < 4.78 is 12.7. The van der Waals surface area contributed by atoms with Gasteiger partial charge >= 0.3 is 0 Å². The number of amides is 1. The van der Waals surface area contributed by atoms with Crippen molar-refractivity contribution in [3.05, 3.63) is 34.5 Å². The summed E-state index contributed by atoms with van der Waals surface area (Å²) in [6.45, 7) is 6.31. The zero-order chi connectivity index (χ0) is 17.1. The van der Waals surface area contributed by atoms with Crippen LogP contribution in [0.2, 0.25) is 5.02 Å². The van der Waals surface area contributed by atoms with Crippen LogP contribution >= 0.6 is 11.6 Å². The first-order valence-corrected chi connectivity index (χ1v) is 8.19. The molecule has 2 aliphatic heterocycles. The smallest absolute Gasteiger partial charge is 0.231 e. The molecule has 4 rings (SSSR count). The summed E-state index contributed by atoms with van der Waals surface area (Å²) in [6.07, 6.45) is 2.17. The summed E-state index contributed by atoms with van der Waals surface area (Å²) in [5.74, 6) is 1.78. The van der Waals surface area contributed by atoms with E-state index in [0.717, 1.165) is 16.9 Å². The number of nitrogens with one attached hydrogen (secondary N) is 1. The first-order chi connectivity index (χ1) is 11.3. The maximum absolute atomic E-state index is 12.3. The van der Waals surface area contributed by atoms with Gasteiger partial charge in [0.1, 0.15) is 5.82 Å². The van der Waals surface area contributed by atoms with E-state index >= 15 is 0 Å². The van der Waals surface area contributed by atoms with Crippen molar-refractivity contribution >= 4 is 23.3 Å². The number of halogens is 1. The molecule has 0 bridgehead atoms. The van der Waals surface area contributed by atoms with E-state index in [9.17, 15) is 4.79 Å². The quantitative estimate of drug-likeness (QED) is 0.857. The molecule has 0 saturated heterocycles. The first kappa shape index (κ1) is 15.3. The molecule has 24 heavy (non-hydrogen) atoms. The van der Waals surface area contributed by atoms with Gasteiger partial charge in [-0.3, -0.25) is 4.79 Å². The van der Waals surface area contributed by atoms with Crippen LogP contribution in [0.25, 0.3) is 0 Å². The van der Waals surface area contributed by atoms with Crippen LogP contribution in [-0.4, -0.2) is 22.5 Å². The van der Waals surface area contributed by atoms with E-state index < -0.39 is 0 Å². The van der Waals surface area contributed by atoms with E-state index in [2.05, 4.69) is 10.4 Å². The largest absolute Gasteiger partial charge is 0.454 e. The molecule has 126 valence electrons. The average Bonchev–Trinajstić information content (AvgIpc) is 3.11. The van der Waals surface area contributed by atoms with Crippen LogP contribution in [0.4, 0.5) is 5.82 Å². The maximum Gasteiger partial charge on any atom is 0.231 e. The molecular formula is C17H18ClN3O3. The fourth-order valence-electron chi connectivity index (χ4n) is 3.21. The van der Waals surface area contributed by atoms with Gasteiger partial charge in [-0.2, -0.15) is 5.10 Å². The summed E-state index contributed by atoms with van der Waals surface area (Å²) in [5, 5.41) is 7.94. The van der Waals surface area contributed by atoms with Crippen LogP contribution < -0.4 is 14.8 Å². The molecule has 1 amide bonds. The van der Waals surface area contributed by atoms with Crippen molar-refractivity contribution in [1.82, 2.24) is 9.78 Å². The van der Waals surface area contributed by atoms with Crippen molar-refractivity contribution in [2.75, 3.05) is 12.1 Å². The summed E-state index contributed by atoms with van der Waals surface area (Å²) in [7, 11) is 0. The monoisotopic (exact) mass is 347 g/mol. The minimum atomic E-state index is -0.227. The second kappa shape index (κ2) is 5.14. The second-order valence-corrected chi connectivity index (χ2v) is 7.48. The number of carbonyl (C=O) groups is 1. The molecule has 1 unspecified atom stereocenters. The molecule has 1 aromatic heterocycles. The highest BCUT2D eigenvalue weighted by atomic mass is 35.5. The Morgan fingerprint density at radius 2 is 2.12 bits per heavy atom. The van der Waals surface area contributed by atoms with Gasteiger partial charge in [0.15, 0.2) is 11.5 Å². The number of fused-ring (bicyclic) bond motifs is 2. The summed E-state index contributed by atoms with van der Waals surface area (Å²) in [4.78, 5) is 12.3. The number of nitrogens with zero attached hydrogens (tertiary/aromatic N) is 2. The molecule has 3 heterocycles. The van der Waals surface area contributed by atoms with Crippen molar-refractivity contribution in [3.8, 4) is 11.5 Å². The van der Waals surface area contributed by atoms with Crippen LogP contribution in [0.15, 0.2) is 18.3 Å². The number of anilines is 1. The Morgan fingerprint density at radius 3 is 2.88 bits per heavy atom. The lowest BCUT2D eigenvalue weighted by atomic mass is 9.87. The minimum Gasteiger partial charge on any atom is -0.454 e. The molecule has 6 nitrogen and oxygen atoms in total. The Morgan fingerprint density at radius 1 is 1.33 bits per heavy atom. The van der Waals surface area contributed by atoms with Crippen LogP contribution in [0.3, 0.4) is 0 Å². The lowest BCUT2D eigenvalue weighted by molar-refractivity contribution is -0.116. The predicted molar refractivity (Wildman–Crippen MR) is 89.9 cm³/mol. The standard InChI is InChI=1S/C17H18ClN3O3/c1-17(2,3)21-16-11(7-19-21)10(6-14(22)20-16)9-4-12(18)15-13(5-9)23-8-24-15/h4-5,7,10H,6,8H2,1-3H3,(H,20,22). The molecule has 2 aliphatic rings. The van der Waals surface area contributed by atoms with Crippen molar-refractivity contribution in [3.63, 3.8) is 0 Å². The Labute approximate surface area is 144 Å². The van der Waals surface area contributed by atoms with Crippen LogP contribution in [0, 0.1) is 0 Å². The molecule has 1 atom stereocenters. The van der Waals surface area contributed by atoms with Crippen molar-refractivity contribution in [1.29, 1.82) is 0 Å². The molecule has 0 aliphatic carbocycles. The molecule has 0 spiro atoms. The van der Waals surface area contributed by atoms with Gasteiger partial charge in [0.25, 0.3) is 0 Å². The SMILES string of the molecule is CC(C)(C)n1ncc2c1NC(=O)CC2c1cc(Cl)c2c(c1)OCO2. The number of carbonyl (C=O) groups excluding carboxylic acids is 1. The molecule has 0 fully saturated rings. The van der Waals surface area contributed by atoms with E-state index in [1.165, 1.54) is 0 Å². The molecule has 1 N–H and O–H groups in total. The molecule has 7 heteroatoms. The molecule has 0 radical (unpaired) electrons.